The first-order valence-electron chi connectivity index (χ1n) is 9.83. The molecule has 0 aliphatic carbocycles. The minimum absolute atomic E-state index is 0.838. The third kappa shape index (κ3) is 11.1. The SMILES string of the molecule is CCCCCCCCNc1cccc(OCCCCCCC)c1. The van der Waals surface area contributed by atoms with Crippen molar-refractivity contribution in [3.63, 3.8) is 0 Å². The Hall–Kier alpha value is -1.18. The highest BCUT2D eigenvalue weighted by Crippen LogP contribution is 2.18. The number of ether oxygens (including phenoxy) is 1. The Labute approximate surface area is 144 Å². The molecule has 132 valence electrons. The second-order valence-corrected chi connectivity index (χ2v) is 6.49. The van der Waals surface area contributed by atoms with Crippen molar-refractivity contribution >= 4 is 5.69 Å². The van der Waals surface area contributed by atoms with Gasteiger partial charge in [0.2, 0.25) is 0 Å². The smallest absolute Gasteiger partial charge is 0.121 e. The predicted molar refractivity (Wildman–Crippen MR) is 103 cm³/mol. The first-order valence-corrected chi connectivity index (χ1v) is 9.83. The van der Waals surface area contributed by atoms with Crippen molar-refractivity contribution < 1.29 is 4.74 Å². The van der Waals surface area contributed by atoms with Crippen LogP contribution in [0.25, 0.3) is 0 Å². The van der Waals surface area contributed by atoms with E-state index in [1.807, 2.05) is 0 Å². The maximum Gasteiger partial charge on any atom is 0.121 e. The number of rotatable bonds is 15. The summed E-state index contributed by atoms with van der Waals surface area (Å²) in [6, 6.07) is 8.40. The molecular weight excluding hydrogens is 282 g/mol. The molecule has 0 saturated carbocycles. The molecule has 0 saturated heterocycles. The van der Waals surface area contributed by atoms with Crippen LogP contribution in [0.2, 0.25) is 0 Å². The van der Waals surface area contributed by atoms with Gasteiger partial charge in [-0.1, -0.05) is 77.7 Å². The van der Waals surface area contributed by atoms with Gasteiger partial charge in [-0.3, -0.25) is 0 Å². The van der Waals surface area contributed by atoms with E-state index in [4.69, 9.17) is 4.74 Å². The molecule has 0 amide bonds. The van der Waals surface area contributed by atoms with Crippen LogP contribution < -0.4 is 10.1 Å². The van der Waals surface area contributed by atoms with Crippen molar-refractivity contribution in [1.82, 2.24) is 0 Å². The minimum Gasteiger partial charge on any atom is -0.494 e. The lowest BCUT2D eigenvalue weighted by molar-refractivity contribution is 0.304. The van der Waals surface area contributed by atoms with Crippen molar-refractivity contribution in [3.05, 3.63) is 24.3 Å². The van der Waals surface area contributed by atoms with Gasteiger partial charge in [0.05, 0.1) is 6.61 Å². The average Bonchev–Trinajstić information content (AvgIpc) is 2.57. The summed E-state index contributed by atoms with van der Waals surface area (Å²) in [6.07, 6.45) is 14.5. The Kier molecular flexibility index (Phi) is 12.5. The van der Waals surface area contributed by atoms with E-state index < -0.39 is 0 Å². The highest BCUT2D eigenvalue weighted by Gasteiger charge is 1.97. The predicted octanol–water partition coefficient (Wildman–Crippen LogP) is 6.81. The van der Waals surface area contributed by atoms with Gasteiger partial charge in [0.15, 0.2) is 0 Å². The molecule has 1 aromatic carbocycles. The van der Waals surface area contributed by atoms with E-state index in [1.165, 1.54) is 69.9 Å². The Balaban J connectivity index is 2.10. The maximum absolute atomic E-state index is 5.86. The molecule has 2 nitrogen and oxygen atoms in total. The quantitative estimate of drug-likeness (QED) is 0.359. The molecule has 0 atom stereocenters. The molecule has 0 unspecified atom stereocenters. The molecule has 2 heteroatoms. The van der Waals surface area contributed by atoms with E-state index in [1.54, 1.807) is 0 Å². The van der Waals surface area contributed by atoms with Crippen LogP contribution in [0.5, 0.6) is 5.75 Å². The summed E-state index contributed by atoms with van der Waals surface area (Å²) in [5.74, 6) is 0.994. The zero-order valence-corrected chi connectivity index (χ0v) is 15.4. The molecule has 1 aromatic rings. The van der Waals surface area contributed by atoms with Crippen LogP contribution in [0.3, 0.4) is 0 Å². The highest BCUT2D eigenvalue weighted by atomic mass is 16.5. The second kappa shape index (κ2) is 14.4. The van der Waals surface area contributed by atoms with E-state index in [2.05, 4.69) is 43.4 Å². The highest BCUT2D eigenvalue weighted by molar-refractivity contribution is 5.48. The summed E-state index contributed by atoms with van der Waals surface area (Å²) in [4.78, 5) is 0. The molecule has 0 aliphatic rings. The number of hydrogen-bond acceptors (Lipinski definition) is 2. The summed E-state index contributed by atoms with van der Waals surface area (Å²) in [7, 11) is 0. The fourth-order valence-electron chi connectivity index (χ4n) is 2.73. The van der Waals surface area contributed by atoms with Gasteiger partial charge in [-0.05, 0) is 25.0 Å². The molecule has 23 heavy (non-hydrogen) atoms. The molecule has 0 aliphatic heterocycles. The number of anilines is 1. The number of nitrogens with one attached hydrogen (secondary N) is 1. The van der Waals surface area contributed by atoms with E-state index >= 15 is 0 Å². The molecule has 1 N–H and O–H groups in total. The van der Waals surface area contributed by atoms with Gasteiger partial charge >= 0.3 is 0 Å². The maximum atomic E-state index is 5.86. The molecule has 1 rings (SSSR count). The van der Waals surface area contributed by atoms with Gasteiger partial charge in [-0.25, -0.2) is 0 Å². The van der Waals surface area contributed by atoms with Crippen molar-refractivity contribution in [2.75, 3.05) is 18.5 Å². The monoisotopic (exact) mass is 319 g/mol. The largest absolute Gasteiger partial charge is 0.494 e. The summed E-state index contributed by atoms with van der Waals surface area (Å²) >= 11 is 0. The van der Waals surface area contributed by atoms with Gasteiger partial charge in [0.1, 0.15) is 5.75 Å². The van der Waals surface area contributed by atoms with Crippen molar-refractivity contribution in [2.24, 2.45) is 0 Å². The normalized spacial score (nSPS) is 10.7. The number of benzene rings is 1. The number of unbranched alkanes of at least 4 members (excludes halogenated alkanes) is 9. The Morgan fingerprint density at radius 1 is 0.783 bits per heavy atom. The fraction of sp³-hybridized carbons (Fsp3) is 0.714. The zero-order chi connectivity index (χ0) is 16.6. The van der Waals surface area contributed by atoms with Crippen molar-refractivity contribution in [2.45, 2.75) is 84.5 Å². The topological polar surface area (TPSA) is 21.3 Å². The van der Waals surface area contributed by atoms with Crippen LogP contribution in [0.1, 0.15) is 84.5 Å². The number of hydrogen-bond donors (Lipinski definition) is 1. The minimum atomic E-state index is 0.838. The molecule has 0 radical (unpaired) electrons. The summed E-state index contributed by atoms with van der Waals surface area (Å²) < 4.78 is 5.86. The van der Waals surface area contributed by atoms with Gasteiger partial charge in [0, 0.05) is 18.3 Å². The zero-order valence-electron chi connectivity index (χ0n) is 15.4. The van der Waals surface area contributed by atoms with Crippen molar-refractivity contribution in [3.8, 4) is 5.75 Å². The van der Waals surface area contributed by atoms with Gasteiger partial charge in [-0.2, -0.15) is 0 Å². The van der Waals surface area contributed by atoms with Gasteiger partial charge in [-0.15, -0.1) is 0 Å². The average molecular weight is 320 g/mol. The Morgan fingerprint density at radius 2 is 1.43 bits per heavy atom. The lowest BCUT2D eigenvalue weighted by atomic mass is 10.1. The van der Waals surface area contributed by atoms with Crippen LogP contribution in [0.15, 0.2) is 24.3 Å². The summed E-state index contributed by atoms with van der Waals surface area (Å²) in [6.45, 7) is 6.42. The first kappa shape index (κ1) is 19.9. The summed E-state index contributed by atoms with van der Waals surface area (Å²) in [5.41, 5.74) is 1.18. The lowest BCUT2D eigenvalue weighted by Gasteiger charge is -2.10. The fourth-order valence-corrected chi connectivity index (χ4v) is 2.73. The van der Waals surface area contributed by atoms with E-state index in [9.17, 15) is 0 Å². The van der Waals surface area contributed by atoms with Crippen LogP contribution >= 0.6 is 0 Å². The molecule has 0 aromatic heterocycles. The molecular formula is C21H37NO. The Bertz CT molecular complexity index is 378. The van der Waals surface area contributed by atoms with Crippen LogP contribution in [-0.4, -0.2) is 13.2 Å². The third-order valence-electron chi connectivity index (χ3n) is 4.21. The van der Waals surface area contributed by atoms with Crippen molar-refractivity contribution in [1.29, 1.82) is 0 Å². The van der Waals surface area contributed by atoms with Crippen LogP contribution in [0.4, 0.5) is 5.69 Å². The van der Waals surface area contributed by atoms with Gasteiger partial charge in [0.25, 0.3) is 0 Å². The molecule has 0 spiro atoms. The molecule has 0 fully saturated rings. The lowest BCUT2D eigenvalue weighted by Crippen LogP contribution is -2.02. The van der Waals surface area contributed by atoms with Crippen LogP contribution in [-0.2, 0) is 0 Å². The molecule has 0 heterocycles. The first-order chi connectivity index (χ1) is 11.4. The standard InChI is InChI=1S/C21H37NO/c1-3-5-7-9-10-12-17-22-20-15-14-16-21(19-20)23-18-13-11-8-6-4-2/h14-16,19,22H,3-13,17-18H2,1-2H3. The Morgan fingerprint density at radius 3 is 2.17 bits per heavy atom. The molecule has 0 bridgehead atoms. The van der Waals surface area contributed by atoms with Gasteiger partial charge < -0.3 is 10.1 Å². The second-order valence-electron chi connectivity index (χ2n) is 6.49. The third-order valence-corrected chi connectivity index (χ3v) is 4.21. The van der Waals surface area contributed by atoms with Crippen LogP contribution in [0, 0.1) is 0 Å². The van der Waals surface area contributed by atoms with E-state index in [0.29, 0.717) is 0 Å². The van der Waals surface area contributed by atoms with E-state index in [0.717, 1.165) is 25.3 Å². The van der Waals surface area contributed by atoms with E-state index in [-0.39, 0.29) is 0 Å². The summed E-state index contributed by atoms with van der Waals surface area (Å²) in [5, 5.41) is 3.51.